The van der Waals surface area contributed by atoms with Crippen LogP contribution in [0, 0.1) is 29.1 Å². The molecule has 60 heavy (non-hydrogen) atoms. The summed E-state index contributed by atoms with van der Waals surface area (Å²) in [6.45, 7) is 17.7. The Morgan fingerprint density at radius 2 is 1.55 bits per heavy atom. The molecular formula is C43H59N5O12. The van der Waals surface area contributed by atoms with Crippen LogP contribution in [-0.2, 0) is 44.4 Å². The number of amides is 2. The van der Waals surface area contributed by atoms with Crippen molar-refractivity contribution in [2.45, 2.75) is 106 Å². The number of benzene rings is 1. The Bertz CT molecular complexity index is 1860. The van der Waals surface area contributed by atoms with Crippen molar-refractivity contribution in [3.63, 3.8) is 0 Å². The van der Waals surface area contributed by atoms with Crippen LogP contribution >= 0.6 is 0 Å². The monoisotopic (exact) mass is 837 g/mol. The van der Waals surface area contributed by atoms with Crippen molar-refractivity contribution in [2.75, 3.05) is 19.0 Å². The molecule has 3 rings (SSSR count). The lowest BCUT2D eigenvalue weighted by Gasteiger charge is -2.25. The number of hydrogen-bond donors (Lipinski definition) is 5. The molecule has 1 aliphatic rings. The minimum absolute atomic E-state index is 0.0190. The Kier molecular flexibility index (Phi) is 18.9. The van der Waals surface area contributed by atoms with Crippen LogP contribution in [0.5, 0.6) is 0 Å². The second kappa shape index (κ2) is 23.2. The molecule has 17 heteroatoms. The number of aromatic nitrogens is 1. The molecule has 1 aliphatic carbocycles. The fourth-order valence-corrected chi connectivity index (χ4v) is 5.70. The van der Waals surface area contributed by atoms with Crippen molar-refractivity contribution < 1.29 is 57.5 Å². The predicted molar refractivity (Wildman–Crippen MR) is 221 cm³/mol. The highest BCUT2D eigenvalue weighted by atomic mass is 16.8. The number of amidine groups is 1. The number of alkyl carbamates (subject to hydrolysis) is 1. The van der Waals surface area contributed by atoms with Gasteiger partial charge in [0.1, 0.15) is 12.1 Å². The van der Waals surface area contributed by atoms with Crippen molar-refractivity contribution in [1.82, 2.24) is 15.6 Å². The molecule has 0 radical (unpaired) electrons. The Morgan fingerprint density at radius 3 is 2.12 bits per heavy atom. The smallest absolute Gasteiger partial charge is 0.431 e. The topological polar surface area (TPSA) is 234 Å². The van der Waals surface area contributed by atoms with Gasteiger partial charge >= 0.3 is 24.2 Å². The first-order chi connectivity index (χ1) is 28.3. The predicted octanol–water partition coefficient (Wildman–Crippen LogP) is 6.31. The molecule has 1 heterocycles. The van der Waals surface area contributed by atoms with E-state index in [1.807, 2.05) is 13.8 Å². The van der Waals surface area contributed by atoms with Gasteiger partial charge in [0.15, 0.2) is 5.69 Å². The number of aliphatic hydroxyl groups is 1. The number of anilines is 1. The van der Waals surface area contributed by atoms with Gasteiger partial charge in [-0.2, -0.15) is 0 Å². The molecule has 1 aromatic carbocycles. The Labute approximate surface area is 351 Å². The lowest BCUT2D eigenvalue weighted by molar-refractivity contribution is -0.168. The summed E-state index contributed by atoms with van der Waals surface area (Å²) in [7, 11) is 1.56. The first kappa shape index (κ1) is 48.7. The molecule has 17 nitrogen and oxygen atoms in total. The molecule has 5 unspecified atom stereocenters. The van der Waals surface area contributed by atoms with E-state index in [9.17, 15) is 29.1 Å². The number of rotatable bonds is 21. The van der Waals surface area contributed by atoms with Crippen LogP contribution in [-0.4, -0.2) is 84.5 Å². The van der Waals surface area contributed by atoms with Crippen molar-refractivity contribution in [3.05, 3.63) is 83.2 Å². The van der Waals surface area contributed by atoms with Crippen molar-refractivity contribution in [1.29, 1.82) is 5.41 Å². The van der Waals surface area contributed by atoms with Crippen molar-refractivity contribution >= 4 is 41.6 Å². The van der Waals surface area contributed by atoms with Gasteiger partial charge in [-0.15, -0.1) is 6.58 Å². The third-order valence-electron chi connectivity index (χ3n) is 8.97. The van der Waals surface area contributed by atoms with Crippen LogP contribution in [0.15, 0.2) is 60.7 Å². The second-order valence-electron chi connectivity index (χ2n) is 15.2. The maximum Gasteiger partial charge on any atom is 0.511 e. The molecule has 1 saturated carbocycles. The molecule has 1 aromatic heterocycles. The number of carbonyl (C=O) groups is 5. The van der Waals surface area contributed by atoms with E-state index < -0.39 is 66.8 Å². The van der Waals surface area contributed by atoms with Gasteiger partial charge in [-0.25, -0.2) is 19.4 Å². The zero-order chi connectivity index (χ0) is 44.7. The van der Waals surface area contributed by atoms with E-state index in [1.165, 1.54) is 38.1 Å². The number of esters is 2. The number of ether oxygens (including phenoxy) is 6. The summed E-state index contributed by atoms with van der Waals surface area (Å²) >= 11 is 0. The van der Waals surface area contributed by atoms with Gasteiger partial charge in [-0.3, -0.25) is 25.6 Å². The summed E-state index contributed by atoms with van der Waals surface area (Å²) < 4.78 is 31.3. The van der Waals surface area contributed by atoms with Crippen LogP contribution in [0.1, 0.15) is 102 Å². The van der Waals surface area contributed by atoms with Gasteiger partial charge < -0.3 is 38.8 Å². The lowest BCUT2D eigenvalue weighted by Crippen LogP contribution is -2.35. The van der Waals surface area contributed by atoms with Gasteiger partial charge in [0.25, 0.3) is 5.91 Å². The maximum atomic E-state index is 14.2. The SMILES string of the molecule is C=CC(/C=C(\Cc1ccc(C(O)NCC2CC2)nc1C(=O)OC(C)OC(=O)OC(C)C)C(=O)Nc1ccc(C(=N)NC(=O)OC(C)OC(=O)C(C)C)cc1)C(OC)C(C)C. The molecule has 2 aromatic rings. The molecule has 0 saturated heterocycles. The molecular weight excluding hydrogens is 778 g/mol. The first-order valence-corrected chi connectivity index (χ1v) is 19.9. The summed E-state index contributed by atoms with van der Waals surface area (Å²) in [5.74, 6) is -2.82. The zero-order valence-corrected chi connectivity index (χ0v) is 35.7. The molecule has 0 aliphatic heterocycles. The zero-order valence-electron chi connectivity index (χ0n) is 35.7. The number of nitrogens with zero attached hydrogens (tertiary/aromatic N) is 1. The highest BCUT2D eigenvalue weighted by molar-refractivity contribution is 6.06. The van der Waals surface area contributed by atoms with Gasteiger partial charge in [0.2, 0.25) is 12.6 Å². The van der Waals surface area contributed by atoms with E-state index in [1.54, 1.807) is 59.1 Å². The number of carbonyl (C=O) groups excluding carboxylic acids is 5. The largest absolute Gasteiger partial charge is 0.511 e. The van der Waals surface area contributed by atoms with E-state index in [4.69, 9.17) is 33.8 Å². The molecule has 328 valence electrons. The summed E-state index contributed by atoms with van der Waals surface area (Å²) in [6.07, 6.45) is -1.37. The molecule has 5 N–H and O–H groups in total. The summed E-state index contributed by atoms with van der Waals surface area (Å²) in [4.78, 5) is 68.6. The highest BCUT2D eigenvalue weighted by Gasteiger charge is 2.28. The molecule has 0 bridgehead atoms. The van der Waals surface area contributed by atoms with Gasteiger partial charge in [0.05, 0.1) is 23.8 Å². The molecule has 5 atom stereocenters. The van der Waals surface area contributed by atoms with Crippen molar-refractivity contribution in [2.24, 2.45) is 23.7 Å². The number of methoxy groups -OCH3 is 1. The minimum atomic E-state index is -1.37. The van der Waals surface area contributed by atoms with Crippen LogP contribution in [0.2, 0.25) is 0 Å². The molecule has 0 spiro atoms. The fourth-order valence-electron chi connectivity index (χ4n) is 5.70. The standard InChI is InChI=1S/C43H59N5O12/c1-11-29(36(55-10)23(2)3)20-32(38(49)46-33-17-14-30(15-18-33)37(44)48-42(53)59-26(8)57-40(51)24(4)5)21-31-16-19-34(39(50)45-22-28-12-13-28)47-35(31)41(52)58-27(9)60-43(54)56-25(6)7/h11,14-20,23-29,36,39,45,50H,1,12-13,21-22H2,2-10H3,(H,46,49)(H2,44,48,53)/b32-20+. The minimum Gasteiger partial charge on any atom is -0.431 e. The molecule has 1 fully saturated rings. The number of aliphatic hydroxyl groups excluding tert-OH is 1. The summed E-state index contributed by atoms with van der Waals surface area (Å²) in [5, 5.41) is 27.4. The second-order valence-corrected chi connectivity index (χ2v) is 15.2. The van der Waals surface area contributed by atoms with Crippen LogP contribution < -0.4 is 16.0 Å². The van der Waals surface area contributed by atoms with E-state index in [-0.39, 0.29) is 52.4 Å². The fraction of sp³-hybridized carbons (Fsp3) is 0.512. The number of nitrogens with one attached hydrogen (secondary N) is 4. The van der Waals surface area contributed by atoms with E-state index >= 15 is 0 Å². The van der Waals surface area contributed by atoms with Gasteiger partial charge in [0, 0.05) is 56.7 Å². The molecule has 2 amide bonds. The van der Waals surface area contributed by atoms with Gasteiger partial charge in [-0.1, -0.05) is 45.9 Å². The van der Waals surface area contributed by atoms with E-state index in [2.05, 4.69) is 27.5 Å². The lowest BCUT2D eigenvalue weighted by atomic mass is 9.89. The van der Waals surface area contributed by atoms with Crippen molar-refractivity contribution in [3.8, 4) is 0 Å². The van der Waals surface area contributed by atoms with E-state index in [0.717, 1.165) is 12.8 Å². The number of pyridine rings is 1. The van der Waals surface area contributed by atoms with E-state index in [0.29, 0.717) is 18.2 Å². The average Bonchev–Trinajstić information content (AvgIpc) is 4.00. The quantitative estimate of drug-likeness (QED) is 0.0176. The Morgan fingerprint density at radius 1 is 0.900 bits per heavy atom. The summed E-state index contributed by atoms with van der Waals surface area (Å²) in [6, 6.07) is 9.15. The van der Waals surface area contributed by atoms with Crippen LogP contribution in [0.25, 0.3) is 0 Å². The Balaban J connectivity index is 1.92. The normalized spacial score (nSPS) is 15.2. The first-order valence-electron chi connectivity index (χ1n) is 19.9. The Hall–Kier alpha value is -5.65. The third-order valence-corrected chi connectivity index (χ3v) is 8.97. The third kappa shape index (κ3) is 15.8. The van der Waals surface area contributed by atoms with Gasteiger partial charge in [-0.05, 0) is 74.4 Å². The summed E-state index contributed by atoms with van der Waals surface area (Å²) in [5.41, 5.74) is 0.964. The highest BCUT2D eigenvalue weighted by Crippen LogP contribution is 2.29. The van der Waals surface area contributed by atoms with Crippen LogP contribution in [0.4, 0.5) is 15.3 Å². The number of hydrogen-bond acceptors (Lipinski definition) is 15. The van der Waals surface area contributed by atoms with Crippen LogP contribution in [0.3, 0.4) is 0 Å². The average molecular weight is 838 g/mol. The maximum absolute atomic E-state index is 14.2.